The van der Waals surface area contributed by atoms with Gasteiger partial charge in [-0.15, -0.1) is 0 Å². The molecule has 0 saturated carbocycles. The van der Waals surface area contributed by atoms with Gasteiger partial charge in [-0.25, -0.2) is 0 Å². The zero-order valence-corrected chi connectivity index (χ0v) is 18.8. The predicted octanol–water partition coefficient (Wildman–Crippen LogP) is 2.51. The second kappa shape index (κ2) is 10.1. The van der Waals surface area contributed by atoms with Crippen LogP contribution in [-0.2, 0) is 11.3 Å². The third-order valence-electron chi connectivity index (χ3n) is 5.07. The van der Waals surface area contributed by atoms with E-state index in [4.69, 9.17) is 23.7 Å². The van der Waals surface area contributed by atoms with Crippen LogP contribution < -0.4 is 34.3 Å². The minimum atomic E-state index is -0.740. The van der Waals surface area contributed by atoms with E-state index in [1.54, 1.807) is 18.2 Å². The number of ether oxygens (including phenoxy) is 5. The third-order valence-corrected chi connectivity index (χ3v) is 5.07. The van der Waals surface area contributed by atoms with E-state index in [1.165, 1.54) is 21.3 Å². The van der Waals surface area contributed by atoms with Crippen molar-refractivity contribution in [2.45, 2.75) is 26.4 Å². The molecule has 1 atom stereocenters. The molecule has 0 bridgehead atoms. The molecule has 1 unspecified atom stereocenters. The van der Waals surface area contributed by atoms with Gasteiger partial charge in [0.25, 0.3) is 5.91 Å². The lowest BCUT2D eigenvalue weighted by Gasteiger charge is -2.22. The number of hydrogen-bond donors (Lipinski definition) is 2. The zero-order valence-electron chi connectivity index (χ0n) is 18.8. The minimum Gasteiger partial charge on any atom is -0.493 e. The summed E-state index contributed by atoms with van der Waals surface area (Å²) in [4.78, 5) is 25.8. The summed E-state index contributed by atoms with van der Waals surface area (Å²) in [5, 5.41) is 5.68. The maximum atomic E-state index is 12.9. The van der Waals surface area contributed by atoms with Crippen LogP contribution in [0.15, 0.2) is 30.3 Å². The van der Waals surface area contributed by atoms with Crippen LogP contribution in [0.4, 0.5) is 0 Å². The van der Waals surface area contributed by atoms with Crippen LogP contribution in [0.2, 0.25) is 0 Å². The number of rotatable bonds is 9. The summed E-state index contributed by atoms with van der Waals surface area (Å²) in [7, 11) is 4.43. The monoisotopic (exact) mass is 444 g/mol. The van der Waals surface area contributed by atoms with Crippen LogP contribution in [0.1, 0.15) is 29.8 Å². The number of nitrogens with one attached hydrogen (secondary N) is 2. The van der Waals surface area contributed by atoms with Crippen LogP contribution in [0.25, 0.3) is 0 Å². The van der Waals surface area contributed by atoms with Gasteiger partial charge in [0, 0.05) is 12.1 Å². The Balaban J connectivity index is 1.70. The zero-order chi connectivity index (χ0) is 23.3. The number of carbonyl (C=O) groups excluding carboxylic acids is 2. The van der Waals surface area contributed by atoms with Crippen molar-refractivity contribution in [3.63, 3.8) is 0 Å². The molecule has 2 aromatic carbocycles. The van der Waals surface area contributed by atoms with Crippen molar-refractivity contribution in [1.82, 2.24) is 10.6 Å². The van der Waals surface area contributed by atoms with Crippen LogP contribution in [0.3, 0.4) is 0 Å². The minimum absolute atomic E-state index is 0.141. The van der Waals surface area contributed by atoms with Gasteiger partial charge >= 0.3 is 0 Å². The number of methoxy groups -OCH3 is 3. The molecule has 0 saturated heterocycles. The van der Waals surface area contributed by atoms with Crippen molar-refractivity contribution in [3.8, 4) is 28.7 Å². The molecule has 0 spiro atoms. The predicted molar refractivity (Wildman–Crippen MR) is 117 cm³/mol. The van der Waals surface area contributed by atoms with E-state index in [1.807, 2.05) is 26.0 Å². The van der Waals surface area contributed by atoms with E-state index in [0.717, 1.165) is 5.56 Å². The fraction of sp³-hybridized carbons (Fsp3) is 0.391. The molecule has 0 fully saturated rings. The molecule has 2 aromatic rings. The topological polar surface area (TPSA) is 104 Å². The highest BCUT2D eigenvalue weighted by molar-refractivity contribution is 5.98. The van der Waals surface area contributed by atoms with Gasteiger partial charge in [0.05, 0.1) is 21.3 Å². The van der Waals surface area contributed by atoms with Gasteiger partial charge in [-0.3, -0.25) is 9.59 Å². The van der Waals surface area contributed by atoms with E-state index in [2.05, 4.69) is 10.6 Å². The molecule has 0 aromatic heterocycles. The van der Waals surface area contributed by atoms with Crippen LogP contribution in [-0.4, -0.2) is 46.0 Å². The number of fused-ring (bicyclic) bond motifs is 1. The highest BCUT2D eigenvalue weighted by atomic mass is 16.7. The summed E-state index contributed by atoms with van der Waals surface area (Å²) in [6, 6.07) is 7.82. The van der Waals surface area contributed by atoms with Crippen molar-refractivity contribution in [2.24, 2.45) is 5.92 Å². The largest absolute Gasteiger partial charge is 0.493 e. The maximum Gasteiger partial charge on any atom is 0.252 e. The first-order valence-electron chi connectivity index (χ1n) is 10.1. The van der Waals surface area contributed by atoms with E-state index in [9.17, 15) is 9.59 Å². The number of carbonyl (C=O) groups is 2. The fourth-order valence-electron chi connectivity index (χ4n) is 3.32. The van der Waals surface area contributed by atoms with E-state index in [-0.39, 0.29) is 24.2 Å². The number of amides is 2. The van der Waals surface area contributed by atoms with Gasteiger partial charge in [-0.1, -0.05) is 19.9 Å². The molecule has 1 aliphatic heterocycles. The lowest BCUT2D eigenvalue weighted by molar-refractivity contribution is -0.124. The molecule has 1 heterocycles. The Hall–Kier alpha value is -3.62. The second-order valence-electron chi connectivity index (χ2n) is 7.51. The Morgan fingerprint density at radius 3 is 2.22 bits per heavy atom. The van der Waals surface area contributed by atoms with Gasteiger partial charge in [0.1, 0.15) is 6.04 Å². The maximum absolute atomic E-state index is 12.9. The number of hydrogen-bond acceptors (Lipinski definition) is 7. The van der Waals surface area contributed by atoms with E-state index < -0.39 is 11.9 Å². The third kappa shape index (κ3) is 4.99. The standard InChI is InChI=1S/C23H28N2O7/c1-13(2)20(23(27)24-11-14-6-7-16-17(8-14)32-12-31-16)25-22(26)15-9-18(28-3)21(30-5)19(10-15)29-4/h6-10,13,20H,11-12H2,1-5H3,(H,24,27)(H,25,26). The summed E-state index contributed by atoms with van der Waals surface area (Å²) in [6.07, 6.45) is 0. The first kappa shape index (κ1) is 23.1. The van der Waals surface area contributed by atoms with E-state index in [0.29, 0.717) is 35.3 Å². The molecular formula is C23H28N2O7. The fourth-order valence-corrected chi connectivity index (χ4v) is 3.32. The normalized spacial score (nSPS) is 12.8. The highest BCUT2D eigenvalue weighted by Crippen LogP contribution is 2.38. The van der Waals surface area contributed by atoms with Gasteiger partial charge in [-0.2, -0.15) is 0 Å². The number of benzene rings is 2. The average molecular weight is 444 g/mol. The van der Waals surface area contributed by atoms with Gasteiger partial charge in [0.15, 0.2) is 23.0 Å². The Bertz CT molecular complexity index is 965. The first-order chi connectivity index (χ1) is 15.4. The first-order valence-corrected chi connectivity index (χ1v) is 10.1. The lowest BCUT2D eigenvalue weighted by Crippen LogP contribution is -2.49. The second-order valence-corrected chi connectivity index (χ2v) is 7.51. The summed E-state index contributed by atoms with van der Waals surface area (Å²) in [5.74, 6) is 1.55. The van der Waals surface area contributed by atoms with Crippen LogP contribution in [0.5, 0.6) is 28.7 Å². The Labute approximate surface area is 186 Å². The summed E-state index contributed by atoms with van der Waals surface area (Å²) >= 11 is 0. The molecule has 9 heteroatoms. The van der Waals surface area contributed by atoms with Crippen molar-refractivity contribution in [1.29, 1.82) is 0 Å². The Morgan fingerprint density at radius 2 is 1.62 bits per heavy atom. The van der Waals surface area contributed by atoms with E-state index >= 15 is 0 Å². The lowest BCUT2D eigenvalue weighted by atomic mass is 10.0. The van der Waals surface area contributed by atoms with Crippen molar-refractivity contribution in [3.05, 3.63) is 41.5 Å². The van der Waals surface area contributed by atoms with Crippen molar-refractivity contribution in [2.75, 3.05) is 28.1 Å². The molecule has 1 aliphatic rings. The molecule has 3 rings (SSSR count). The SMILES string of the molecule is COc1cc(C(=O)NC(C(=O)NCc2ccc3c(c2)OCO3)C(C)C)cc(OC)c1OC. The van der Waals surface area contributed by atoms with Gasteiger partial charge in [-0.05, 0) is 35.7 Å². The van der Waals surface area contributed by atoms with Gasteiger partial charge in [0.2, 0.25) is 18.4 Å². The van der Waals surface area contributed by atoms with Crippen LogP contribution >= 0.6 is 0 Å². The Kier molecular flexibility index (Phi) is 7.29. The molecule has 0 radical (unpaired) electrons. The molecule has 32 heavy (non-hydrogen) atoms. The smallest absolute Gasteiger partial charge is 0.252 e. The quantitative estimate of drug-likeness (QED) is 0.612. The summed E-state index contributed by atoms with van der Waals surface area (Å²) < 4.78 is 26.6. The Morgan fingerprint density at radius 1 is 0.969 bits per heavy atom. The van der Waals surface area contributed by atoms with Crippen LogP contribution in [0, 0.1) is 5.92 Å². The summed E-state index contributed by atoms with van der Waals surface area (Å²) in [6.45, 7) is 4.20. The molecule has 2 N–H and O–H groups in total. The average Bonchev–Trinajstić information content (AvgIpc) is 3.27. The molecule has 172 valence electrons. The van der Waals surface area contributed by atoms with Crippen molar-refractivity contribution >= 4 is 11.8 Å². The summed E-state index contributed by atoms with van der Waals surface area (Å²) in [5.41, 5.74) is 1.15. The molecular weight excluding hydrogens is 416 g/mol. The highest BCUT2D eigenvalue weighted by Gasteiger charge is 2.26. The molecule has 2 amide bonds. The molecule has 9 nitrogen and oxygen atoms in total. The molecule has 0 aliphatic carbocycles. The van der Waals surface area contributed by atoms with Gasteiger partial charge < -0.3 is 34.3 Å². The van der Waals surface area contributed by atoms with Crippen molar-refractivity contribution < 1.29 is 33.3 Å².